The second kappa shape index (κ2) is 8.10. The molecule has 9 heteroatoms. The highest BCUT2D eigenvalue weighted by atomic mass is 35.5. The molecule has 2 amide bonds. The number of hydrogen-bond acceptors (Lipinski definition) is 4. The average molecular weight is 479 g/mol. The molecule has 1 N–H and O–H groups in total. The van der Waals surface area contributed by atoms with Crippen LogP contribution >= 0.6 is 11.6 Å². The molecular formula is C24H19ClN4O3S. The van der Waals surface area contributed by atoms with Gasteiger partial charge in [-0.15, -0.1) is 0 Å². The van der Waals surface area contributed by atoms with E-state index >= 15 is 0 Å². The Bertz CT molecular complexity index is 1430. The van der Waals surface area contributed by atoms with E-state index in [4.69, 9.17) is 11.6 Å². The number of urea groups is 1. The van der Waals surface area contributed by atoms with Crippen LogP contribution in [-0.4, -0.2) is 21.0 Å². The minimum absolute atomic E-state index is 0.0583. The number of hydrogen-bond donors (Lipinski definition) is 1. The maximum atomic E-state index is 13.6. The second-order valence-corrected chi connectivity index (χ2v) is 10.2. The quantitative estimate of drug-likeness (QED) is 0.579. The highest BCUT2D eigenvalue weighted by Gasteiger charge is 2.31. The lowest BCUT2D eigenvalue weighted by molar-refractivity contribution is 0.256. The zero-order valence-corrected chi connectivity index (χ0v) is 19.0. The van der Waals surface area contributed by atoms with Crippen molar-refractivity contribution >= 4 is 44.7 Å². The van der Waals surface area contributed by atoms with Gasteiger partial charge in [0.15, 0.2) is 0 Å². The minimum Gasteiger partial charge on any atom is -0.307 e. The van der Waals surface area contributed by atoms with Crippen molar-refractivity contribution in [3.63, 3.8) is 0 Å². The van der Waals surface area contributed by atoms with Gasteiger partial charge in [-0.25, -0.2) is 13.2 Å². The minimum atomic E-state index is -3.87. The Morgan fingerprint density at radius 2 is 1.82 bits per heavy atom. The number of anilines is 3. The maximum Gasteiger partial charge on any atom is 0.326 e. The van der Waals surface area contributed by atoms with Crippen LogP contribution in [0.4, 0.5) is 21.9 Å². The number of para-hydroxylation sites is 1. The normalized spacial score (nSPS) is 15.3. The van der Waals surface area contributed by atoms with Crippen LogP contribution < -0.4 is 14.5 Å². The number of amides is 2. The number of carbonyl (C=O) groups excluding carboxylic acids is 1. The number of rotatable bonds is 3. The maximum absolute atomic E-state index is 13.6. The first kappa shape index (κ1) is 21.3. The zero-order valence-electron chi connectivity index (χ0n) is 17.5. The van der Waals surface area contributed by atoms with Gasteiger partial charge in [-0.2, -0.15) is 5.26 Å². The van der Waals surface area contributed by atoms with Crippen molar-refractivity contribution < 1.29 is 13.2 Å². The van der Waals surface area contributed by atoms with E-state index in [-0.39, 0.29) is 22.2 Å². The van der Waals surface area contributed by atoms with Gasteiger partial charge in [0, 0.05) is 12.2 Å². The third-order valence-electron chi connectivity index (χ3n) is 5.91. The largest absolute Gasteiger partial charge is 0.326 e. The zero-order chi connectivity index (χ0) is 23.2. The summed E-state index contributed by atoms with van der Waals surface area (Å²) in [5, 5.41) is 12.2. The number of halogens is 1. The molecule has 0 bridgehead atoms. The lowest BCUT2D eigenvalue weighted by Gasteiger charge is -2.32. The number of nitriles is 1. The van der Waals surface area contributed by atoms with Crippen molar-refractivity contribution in [2.45, 2.75) is 24.3 Å². The topological polar surface area (TPSA) is 93.5 Å². The fraction of sp³-hybridized carbons (Fsp3) is 0.167. The lowest BCUT2D eigenvalue weighted by atomic mass is 10.0. The van der Waals surface area contributed by atoms with Crippen LogP contribution in [0.25, 0.3) is 0 Å². The molecule has 5 rings (SSSR count). The van der Waals surface area contributed by atoms with Crippen molar-refractivity contribution in [2.75, 3.05) is 21.1 Å². The van der Waals surface area contributed by atoms with Gasteiger partial charge in [0.05, 0.1) is 39.5 Å². The molecule has 0 saturated heterocycles. The summed E-state index contributed by atoms with van der Waals surface area (Å²) in [5.41, 5.74) is 3.77. The SMILES string of the molecule is N#Cc1ccc2c(c1)CN(c1cc(S(=O)(=O)N3CCCc4ccccc43)ccc1Cl)C(=O)N2. The molecule has 0 radical (unpaired) electrons. The molecule has 0 atom stereocenters. The van der Waals surface area contributed by atoms with Gasteiger partial charge in [0.1, 0.15) is 0 Å². The summed E-state index contributed by atoms with van der Waals surface area (Å²) in [6.45, 7) is 0.540. The summed E-state index contributed by atoms with van der Waals surface area (Å²) in [7, 11) is -3.87. The third-order valence-corrected chi connectivity index (χ3v) is 8.04. The van der Waals surface area contributed by atoms with E-state index in [2.05, 4.69) is 11.4 Å². The molecule has 3 aromatic carbocycles. The number of sulfonamides is 1. The molecule has 7 nitrogen and oxygen atoms in total. The van der Waals surface area contributed by atoms with E-state index in [1.54, 1.807) is 18.2 Å². The fourth-order valence-corrected chi connectivity index (χ4v) is 6.05. The number of nitrogens with zero attached hydrogens (tertiary/aromatic N) is 3. The average Bonchev–Trinajstić information content (AvgIpc) is 2.83. The van der Waals surface area contributed by atoms with Crippen molar-refractivity contribution in [1.82, 2.24) is 0 Å². The summed E-state index contributed by atoms with van der Waals surface area (Å²) < 4.78 is 28.6. The molecule has 0 unspecified atom stereocenters. The van der Waals surface area contributed by atoms with Gasteiger partial charge < -0.3 is 5.32 Å². The third kappa shape index (κ3) is 3.69. The van der Waals surface area contributed by atoms with Crippen LogP contribution in [0.1, 0.15) is 23.1 Å². The molecule has 0 saturated carbocycles. The molecule has 2 aliphatic rings. The van der Waals surface area contributed by atoms with Gasteiger partial charge >= 0.3 is 6.03 Å². The number of aryl methyl sites for hydroxylation is 1. The first-order valence-corrected chi connectivity index (χ1v) is 12.2. The predicted octanol–water partition coefficient (Wildman–Crippen LogP) is 4.91. The van der Waals surface area contributed by atoms with Crippen LogP contribution in [0.15, 0.2) is 65.6 Å². The van der Waals surface area contributed by atoms with Crippen molar-refractivity contribution in [3.05, 3.63) is 82.4 Å². The molecule has 166 valence electrons. The molecule has 0 spiro atoms. The Balaban J connectivity index is 1.54. The number of nitrogens with one attached hydrogen (secondary N) is 1. The smallest absolute Gasteiger partial charge is 0.307 e. The second-order valence-electron chi connectivity index (χ2n) is 7.92. The van der Waals surface area contributed by atoms with Crippen LogP contribution in [0.2, 0.25) is 5.02 Å². The Kier molecular flexibility index (Phi) is 5.23. The summed E-state index contributed by atoms with van der Waals surface area (Å²) in [4.78, 5) is 14.3. The van der Waals surface area contributed by atoms with Gasteiger partial charge in [-0.3, -0.25) is 9.21 Å². The monoisotopic (exact) mass is 478 g/mol. The molecule has 0 aromatic heterocycles. The van der Waals surface area contributed by atoms with Gasteiger partial charge in [0.2, 0.25) is 0 Å². The van der Waals surface area contributed by atoms with E-state index in [9.17, 15) is 18.5 Å². The van der Waals surface area contributed by atoms with Crippen molar-refractivity contribution in [2.24, 2.45) is 0 Å². The Morgan fingerprint density at radius 1 is 1.00 bits per heavy atom. The Hall–Kier alpha value is -3.54. The Morgan fingerprint density at radius 3 is 2.64 bits per heavy atom. The first-order chi connectivity index (χ1) is 15.9. The summed E-state index contributed by atoms with van der Waals surface area (Å²) in [5.74, 6) is 0. The molecule has 2 heterocycles. The van der Waals surface area contributed by atoms with Crippen LogP contribution in [0.5, 0.6) is 0 Å². The van der Waals surface area contributed by atoms with Crippen molar-refractivity contribution in [3.8, 4) is 6.07 Å². The fourth-order valence-electron chi connectivity index (χ4n) is 4.27. The molecule has 0 fully saturated rings. The van der Waals surface area contributed by atoms with E-state index in [0.29, 0.717) is 23.5 Å². The molecule has 2 aliphatic heterocycles. The first-order valence-electron chi connectivity index (χ1n) is 10.4. The van der Waals surface area contributed by atoms with Crippen LogP contribution in [0, 0.1) is 11.3 Å². The summed E-state index contributed by atoms with van der Waals surface area (Å²) >= 11 is 6.42. The molecule has 3 aromatic rings. The Labute approximate surface area is 196 Å². The molecule has 0 aliphatic carbocycles. The molecule has 33 heavy (non-hydrogen) atoms. The van der Waals surface area contributed by atoms with Gasteiger partial charge in [-0.1, -0.05) is 29.8 Å². The number of fused-ring (bicyclic) bond motifs is 2. The van der Waals surface area contributed by atoms with Crippen LogP contribution in [-0.2, 0) is 23.0 Å². The standard InChI is InChI=1S/C24H19ClN4O3S/c25-20-9-8-19(33(31,32)29-11-3-5-17-4-1-2-6-22(17)29)13-23(20)28-15-18-12-16(14-26)7-10-21(18)27-24(28)30/h1-2,4,6-10,12-13H,3,5,11,15H2,(H,27,30). The number of benzene rings is 3. The van der Waals surface area contributed by atoms with Gasteiger partial charge in [-0.05, 0) is 66.4 Å². The summed E-state index contributed by atoms with van der Waals surface area (Å²) in [6, 6.07) is 18.5. The van der Waals surface area contributed by atoms with Gasteiger partial charge in [0.25, 0.3) is 10.0 Å². The summed E-state index contributed by atoms with van der Waals surface area (Å²) in [6.07, 6.45) is 1.55. The van der Waals surface area contributed by atoms with E-state index in [0.717, 1.165) is 24.0 Å². The van der Waals surface area contributed by atoms with Crippen molar-refractivity contribution in [1.29, 1.82) is 5.26 Å². The lowest BCUT2D eigenvalue weighted by Crippen LogP contribution is -2.39. The number of carbonyl (C=O) groups is 1. The van der Waals surface area contributed by atoms with E-state index < -0.39 is 16.1 Å². The van der Waals surface area contributed by atoms with E-state index in [1.165, 1.54) is 27.4 Å². The van der Waals surface area contributed by atoms with Crippen LogP contribution in [0.3, 0.4) is 0 Å². The highest BCUT2D eigenvalue weighted by Crippen LogP contribution is 2.37. The van der Waals surface area contributed by atoms with E-state index in [1.807, 2.05) is 24.3 Å². The highest BCUT2D eigenvalue weighted by molar-refractivity contribution is 7.92. The predicted molar refractivity (Wildman–Crippen MR) is 127 cm³/mol. The molecular weight excluding hydrogens is 460 g/mol.